The van der Waals surface area contributed by atoms with E-state index in [4.69, 9.17) is 5.26 Å². The largest absolute Gasteiger partial charge is 0.507 e. The Morgan fingerprint density at radius 3 is 2.70 bits per heavy atom. The van der Waals surface area contributed by atoms with E-state index in [2.05, 4.69) is 5.32 Å². The Morgan fingerprint density at radius 1 is 1.25 bits per heavy atom. The summed E-state index contributed by atoms with van der Waals surface area (Å²) in [4.78, 5) is 0. The van der Waals surface area contributed by atoms with Crippen LogP contribution < -0.4 is 5.32 Å². The SMILES string of the molecule is Cc1ccc(NCc2ccc(F)c(C#N)c2)c(C)c1O. The van der Waals surface area contributed by atoms with Crippen LogP contribution in [0.3, 0.4) is 0 Å². The molecule has 0 saturated heterocycles. The number of nitrogens with one attached hydrogen (secondary N) is 1. The van der Waals surface area contributed by atoms with Gasteiger partial charge in [0.05, 0.1) is 5.56 Å². The van der Waals surface area contributed by atoms with Crippen molar-refractivity contribution in [1.29, 1.82) is 5.26 Å². The summed E-state index contributed by atoms with van der Waals surface area (Å²) in [6.45, 7) is 4.12. The van der Waals surface area contributed by atoms with E-state index in [1.165, 1.54) is 12.1 Å². The molecular formula is C16H15FN2O. The van der Waals surface area contributed by atoms with Gasteiger partial charge < -0.3 is 10.4 Å². The number of hydrogen-bond acceptors (Lipinski definition) is 3. The number of hydrogen-bond donors (Lipinski definition) is 2. The molecule has 0 aromatic heterocycles. The molecule has 0 aliphatic rings. The van der Waals surface area contributed by atoms with Crippen LogP contribution in [0, 0.1) is 31.0 Å². The van der Waals surface area contributed by atoms with Crippen molar-refractivity contribution in [1.82, 2.24) is 0 Å². The molecule has 0 saturated carbocycles. The summed E-state index contributed by atoms with van der Waals surface area (Å²) < 4.78 is 13.2. The lowest BCUT2D eigenvalue weighted by atomic mass is 10.1. The molecule has 0 heterocycles. The van der Waals surface area contributed by atoms with Crippen molar-refractivity contribution < 1.29 is 9.50 Å². The predicted octanol–water partition coefficient (Wildman–Crippen LogP) is 3.63. The second-order valence-electron chi connectivity index (χ2n) is 4.68. The smallest absolute Gasteiger partial charge is 0.140 e. The Morgan fingerprint density at radius 2 is 2.00 bits per heavy atom. The van der Waals surface area contributed by atoms with Crippen molar-refractivity contribution in [2.24, 2.45) is 0 Å². The molecule has 0 aliphatic heterocycles. The fraction of sp³-hybridized carbons (Fsp3) is 0.188. The number of nitrogens with zero attached hydrogens (tertiary/aromatic N) is 1. The van der Waals surface area contributed by atoms with E-state index < -0.39 is 5.82 Å². The minimum Gasteiger partial charge on any atom is -0.507 e. The zero-order chi connectivity index (χ0) is 14.7. The van der Waals surface area contributed by atoms with Crippen LogP contribution in [0.5, 0.6) is 5.75 Å². The van der Waals surface area contributed by atoms with E-state index in [1.54, 1.807) is 6.07 Å². The van der Waals surface area contributed by atoms with E-state index in [-0.39, 0.29) is 11.3 Å². The second kappa shape index (κ2) is 5.62. The van der Waals surface area contributed by atoms with Crippen LogP contribution in [0.4, 0.5) is 10.1 Å². The van der Waals surface area contributed by atoms with Gasteiger partial charge in [0.2, 0.25) is 0 Å². The molecule has 0 bridgehead atoms. The molecule has 2 aromatic carbocycles. The molecule has 0 atom stereocenters. The molecule has 0 fully saturated rings. The van der Waals surface area contributed by atoms with Gasteiger partial charge in [-0.15, -0.1) is 0 Å². The minimum atomic E-state index is -0.514. The molecule has 2 N–H and O–H groups in total. The van der Waals surface area contributed by atoms with Crippen molar-refractivity contribution in [3.05, 3.63) is 58.4 Å². The fourth-order valence-corrected chi connectivity index (χ4v) is 1.99. The third kappa shape index (κ3) is 2.72. The molecule has 0 aliphatic carbocycles. The first-order chi connectivity index (χ1) is 9.52. The lowest BCUT2D eigenvalue weighted by molar-refractivity contribution is 0.467. The van der Waals surface area contributed by atoms with Crippen LogP contribution >= 0.6 is 0 Å². The van der Waals surface area contributed by atoms with Crippen molar-refractivity contribution in [2.75, 3.05) is 5.32 Å². The molecule has 0 radical (unpaired) electrons. The minimum absolute atomic E-state index is 0.0350. The normalized spacial score (nSPS) is 10.1. The summed E-state index contributed by atoms with van der Waals surface area (Å²) in [7, 11) is 0. The number of aromatic hydroxyl groups is 1. The highest BCUT2D eigenvalue weighted by molar-refractivity contribution is 5.59. The highest BCUT2D eigenvalue weighted by Gasteiger charge is 2.07. The molecule has 20 heavy (non-hydrogen) atoms. The van der Waals surface area contributed by atoms with E-state index in [0.717, 1.165) is 22.4 Å². The van der Waals surface area contributed by atoms with Crippen LogP contribution in [0.1, 0.15) is 22.3 Å². The first-order valence-corrected chi connectivity index (χ1v) is 6.24. The third-order valence-corrected chi connectivity index (χ3v) is 3.27. The topological polar surface area (TPSA) is 56.0 Å². The first-order valence-electron chi connectivity index (χ1n) is 6.24. The number of aryl methyl sites for hydroxylation is 1. The zero-order valence-electron chi connectivity index (χ0n) is 11.4. The highest BCUT2D eigenvalue weighted by atomic mass is 19.1. The summed E-state index contributed by atoms with van der Waals surface area (Å²) in [5.41, 5.74) is 3.25. The van der Waals surface area contributed by atoms with E-state index >= 15 is 0 Å². The Labute approximate surface area is 117 Å². The van der Waals surface area contributed by atoms with Gasteiger partial charge in [-0.3, -0.25) is 0 Å². The zero-order valence-corrected chi connectivity index (χ0v) is 11.4. The van der Waals surface area contributed by atoms with Crippen LogP contribution in [-0.2, 0) is 6.54 Å². The first kappa shape index (κ1) is 13.9. The monoisotopic (exact) mass is 270 g/mol. The number of rotatable bonds is 3. The average molecular weight is 270 g/mol. The summed E-state index contributed by atoms with van der Waals surface area (Å²) >= 11 is 0. The van der Waals surface area contributed by atoms with Crippen LogP contribution in [-0.4, -0.2) is 5.11 Å². The van der Waals surface area contributed by atoms with Gasteiger partial charge in [0, 0.05) is 17.8 Å². The van der Waals surface area contributed by atoms with Crippen molar-refractivity contribution in [2.45, 2.75) is 20.4 Å². The van der Waals surface area contributed by atoms with Gasteiger partial charge in [-0.2, -0.15) is 5.26 Å². The van der Waals surface area contributed by atoms with Crippen LogP contribution in [0.15, 0.2) is 30.3 Å². The summed E-state index contributed by atoms with van der Waals surface area (Å²) in [5.74, 6) is -0.243. The van der Waals surface area contributed by atoms with E-state index in [9.17, 15) is 9.50 Å². The molecule has 0 amide bonds. The number of phenols is 1. The van der Waals surface area contributed by atoms with Crippen LogP contribution in [0.2, 0.25) is 0 Å². The van der Waals surface area contributed by atoms with E-state index in [1.807, 2.05) is 32.0 Å². The van der Waals surface area contributed by atoms with Gasteiger partial charge in [0.15, 0.2) is 0 Å². The lowest BCUT2D eigenvalue weighted by Gasteiger charge is -2.12. The third-order valence-electron chi connectivity index (χ3n) is 3.27. The van der Waals surface area contributed by atoms with Gasteiger partial charge in [-0.25, -0.2) is 4.39 Å². The Bertz CT molecular complexity index is 690. The van der Waals surface area contributed by atoms with Gasteiger partial charge in [0.1, 0.15) is 17.6 Å². The Kier molecular flexibility index (Phi) is 3.90. The maximum Gasteiger partial charge on any atom is 0.140 e. The lowest BCUT2D eigenvalue weighted by Crippen LogP contribution is -2.02. The number of halogens is 1. The molecule has 0 unspecified atom stereocenters. The Balaban J connectivity index is 2.17. The number of nitriles is 1. The maximum atomic E-state index is 13.2. The number of benzene rings is 2. The number of anilines is 1. The van der Waals surface area contributed by atoms with Gasteiger partial charge in [-0.05, 0) is 43.2 Å². The summed E-state index contributed by atoms with van der Waals surface area (Å²) in [6, 6.07) is 9.97. The summed E-state index contributed by atoms with van der Waals surface area (Å²) in [6.07, 6.45) is 0. The average Bonchev–Trinajstić information content (AvgIpc) is 2.45. The number of phenolic OH excluding ortho intramolecular Hbond substituents is 1. The Hall–Kier alpha value is -2.54. The molecule has 102 valence electrons. The summed E-state index contributed by atoms with van der Waals surface area (Å²) in [5, 5.41) is 21.8. The molecule has 2 aromatic rings. The van der Waals surface area contributed by atoms with Crippen LogP contribution in [0.25, 0.3) is 0 Å². The highest BCUT2D eigenvalue weighted by Crippen LogP contribution is 2.28. The molecular weight excluding hydrogens is 255 g/mol. The maximum absolute atomic E-state index is 13.2. The molecule has 3 nitrogen and oxygen atoms in total. The fourth-order valence-electron chi connectivity index (χ4n) is 1.99. The van der Waals surface area contributed by atoms with Crippen molar-refractivity contribution >= 4 is 5.69 Å². The van der Waals surface area contributed by atoms with Crippen molar-refractivity contribution in [3.8, 4) is 11.8 Å². The van der Waals surface area contributed by atoms with Gasteiger partial charge in [-0.1, -0.05) is 12.1 Å². The quantitative estimate of drug-likeness (QED) is 0.895. The molecule has 0 spiro atoms. The van der Waals surface area contributed by atoms with Gasteiger partial charge in [0.25, 0.3) is 0 Å². The van der Waals surface area contributed by atoms with E-state index in [0.29, 0.717) is 6.54 Å². The second-order valence-corrected chi connectivity index (χ2v) is 4.68. The van der Waals surface area contributed by atoms with Gasteiger partial charge >= 0.3 is 0 Å². The molecule has 2 rings (SSSR count). The van der Waals surface area contributed by atoms with Crippen molar-refractivity contribution in [3.63, 3.8) is 0 Å². The standard InChI is InChI=1S/C16H15FN2O/c1-10-3-6-15(11(2)16(10)20)19-9-12-4-5-14(17)13(7-12)8-18/h3-7,19-20H,9H2,1-2H3. The molecule has 4 heteroatoms. The predicted molar refractivity (Wildman–Crippen MR) is 76.0 cm³/mol.